The zero-order chi connectivity index (χ0) is 15.9. The van der Waals surface area contributed by atoms with Gasteiger partial charge in [-0.15, -0.1) is 0 Å². The molecule has 0 radical (unpaired) electrons. The molecule has 1 amide bonds. The normalized spacial score (nSPS) is 10.4. The first-order chi connectivity index (χ1) is 10.6. The van der Waals surface area contributed by atoms with Gasteiger partial charge in [-0.2, -0.15) is 0 Å². The Morgan fingerprint density at radius 3 is 2.86 bits per heavy atom. The Labute approximate surface area is 126 Å². The van der Waals surface area contributed by atoms with Crippen molar-refractivity contribution in [2.24, 2.45) is 0 Å². The summed E-state index contributed by atoms with van der Waals surface area (Å²) >= 11 is 0. The van der Waals surface area contributed by atoms with Crippen LogP contribution in [0.3, 0.4) is 0 Å². The second kappa shape index (κ2) is 7.35. The van der Waals surface area contributed by atoms with Crippen LogP contribution in [0.15, 0.2) is 35.4 Å². The second-order valence-electron chi connectivity index (χ2n) is 4.59. The van der Waals surface area contributed by atoms with Crippen molar-refractivity contribution in [1.29, 1.82) is 0 Å². The number of aromatic nitrogens is 2. The number of aryl methyl sites for hydroxylation is 1. The lowest BCUT2D eigenvalue weighted by atomic mass is 10.2. The van der Waals surface area contributed by atoms with Crippen LogP contribution >= 0.6 is 0 Å². The third-order valence-corrected chi connectivity index (χ3v) is 3.05. The molecule has 2 aromatic rings. The van der Waals surface area contributed by atoms with Crippen molar-refractivity contribution < 1.29 is 14.3 Å². The minimum Gasteiger partial charge on any atom is -0.465 e. The van der Waals surface area contributed by atoms with E-state index in [1.807, 2.05) is 6.07 Å². The molecule has 7 heteroatoms. The van der Waals surface area contributed by atoms with Crippen LogP contribution in [0.2, 0.25) is 0 Å². The van der Waals surface area contributed by atoms with Gasteiger partial charge >= 0.3 is 5.97 Å². The summed E-state index contributed by atoms with van der Waals surface area (Å²) in [6.07, 6.45) is 1.50. The van der Waals surface area contributed by atoms with E-state index in [0.29, 0.717) is 10.9 Å². The number of nitrogens with one attached hydrogen (secondary N) is 1. The molecule has 0 aliphatic rings. The number of carbonyl (C=O) groups is 2. The summed E-state index contributed by atoms with van der Waals surface area (Å²) in [5.41, 5.74) is 0.430. The van der Waals surface area contributed by atoms with Crippen molar-refractivity contribution in [2.45, 2.75) is 19.9 Å². The smallest absolute Gasteiger partial charge is 0.325 e. The van der Waals surface area contributed by atoms with Gasteiger partial charge in [0.15, 0.2) is 0 Å². The fraction of sp³-hybridized carbons (Fsp3) is 0.333. The SMILES string of the molecule is CCOC(=O)CNC(=O)CCn1cnc2ccccc2c1=O. The summed E-state index contributed by atoms with van der Waals surface area (Å²) in [6, 6.07) is 7.03. The lowest BCUT2D eigenvalue weighted by Gasteiger charge is -2.07. The average Bonchev–Trinajstić information content (AvgIpc) is 2.53. The average molecular weight is 303 g/mol. The highest BCUT2D eigenvalue weighted by Crippen LogP contribution is 2.04. The van der Waals surface area contributed by atoms with Crippen LogP contribution in [-0.4, -0.2) is 34.6 Å². The van der Waals surface area contributed by atoms with Gasteiger partial charge in [0, 0.05) is 13.0 Å². The van der Waals surface area contributed by atoms with Crippen molar-refractivity contribution in [3.63, 3.8) is 0 Å². The first-order valence-electron chi connectivity index (χ1n) is 6.98. The van der Waals surface area contributed by atoms with E-state index in [1.165, 1.54) is 10.9 Å². The maximum Gasteiger partial charge on any atom is 0.325 e. The van der Waals surface area contributed by atoms with E-state index >= 15 is 0 Å². The number of fused-ring (bicyclic) bond motifs is 1. The molecule has 0 spiro atoms. The zero-order valence-electron chi connectivity index (χ0n) is 12.2. The van der Waals surface area contributed by atoms with Crippen LogP contribution in [0.25, 0.3) is 10.9 Å². The number of esters is 1. The molecule has 0 unspecified atom stereocenters. The number of benzene rings is 1. The van der Waals surface area contributed by atoms with Crippen LogP contribution in [0.1, 0.15) is 13.3 Å². The number of hydrogen-bond acceptors (Lipinski definition) is 5. The Morgan fingerprint density at radius 2 is 2.09 bits per heavy atom. The number of para-hydroxylation sites is 1. The zero-order valence-corrected chi connectivity index (χ0v) is 12.2. The molecule has 0 fully saturated rings. The van der Waals surface area contributed by atoms with Crippen molar-refractivity contribution in [1.82, 2.24) is 14.9 Å². The van der Waals surface area contributed by atoms with E-state index in [2.05, 4.69) is 10.3 Å². The number of nitrogens with zero attached hydrogens (tertiary/aromatic N) is 2. The summed E-state index contributed by atoms with van der Waals surface area (Å²) < 4.78 is 6.08. The van der Waals surface area contributed by atoms with Gasteiger partial charge in [-0.1, -0.05) is 12.1 Å². The summed E-state index contributed by atoms with van der Waals surface area (Å²) in [4.78, 5) is 39.2. The fourth-order valence-electron chi connectivity index (χ4n) is 1.96. The number of amides is 1. The predicted molar refractivity (Wildman–Crippen MR) is 80.3 cm³/mol. The molecule has 0 bridgehead atoms. The van der Waals surface area contributed by atoms with E-state index in [1.54, 1.807) is 25.1 Å². The molecule has 1 aromatic carbocycles. The summed E-state index contributed by atoms with van der Waals surface area (Å²) in [5, 5.41) is 2.96. The molecule has 7 nitrogen and oxygen atoms in total. The van der Waals surface area contributed by atoms with E-state index in [4.69, 9.17) is 4.74 Å². The molecule has 1 heterocycles. The monoisotopic (exact) mass is 303 g/mol. The molecular formula is C15H17N3O4. The largest absolute Gasteiger partial charge is 0.465 e. The Balaban J connectivity index is 1.94. The topological polar surface area (TPSA) is 90.3 Å². The second-order valence-corrected chi connectivity index (χ2v) is 4.59. The van der Waals surface area contributed by atoms with Gasteiger partial charge in [-0.05, 0) is 19.1 Å². The molecule has 2 rings (SSSR count). The van der Waals surface area contributed by atoms with Gasteiger partial charge in [0.25, 0.3) is 5.56 Å². The minimum absolute atomic E-state index is 0.0827. The van der Waals surface area contributed by atoms with Gasteiger partial charge in [-0.3, -0.25) is 19.0 Å². The fourth-order valence-corrected chi connectivity index (χ4v) is 1.96. The Morgan fingerprint density at radius 1 is 1.32 bits per heavy atom. The highest BCUT2D eigenvalue weighted by atomic mass is 16.5. The van der Waals surface area contributed by atoms with Gasteiger partial charge < -0.3 is 10.1 Å². The third-order valence-electron chi connectivity index (χ3n) is 3.05. The maximum atomic E-state index is 12.2. The first-order valence-corrected chi connectivity index (χ1v) is 6.98. The minimum atomic E-state index is -0.486. The number of rotatable bonds is 6. The van der Waals surface area contributed by atoms with Gasteiger partial charge in [-0.25, -0.2) is 4.98 Å². The van der Waals surface area contributed by atoms with E-state index < -0.39 is 5.97 Å². The molecule has 0 aliphatic carbocycles. The quantitative estimate of drug-likeness (QED) is 0.783. The molecule has 0 saturated heterocycles. The molecule has 0 atom stereocenters. The van der Waals surface area contributed by atoms with Crippen LogP contribution < -0.4 is 10.9 Å². The predicted octanol–water partition coefficient (Wildman–Crippen LogP) is 0.466. The van der Waals surface area contributed by atoms with Crippen molar-refractivity contribution in [3.05, 3.63) is 40.9 Å². The van der Waals surface area contributed by atoms with Crippen LogP contribution in [0, 0.1) is 0 Å². The van der Waals surface area contributed by atoms with Crippen molar-refractivity contribution >= 4 is 22.8 Å². The van der Waals surface area contributed by atoms with Gasteiger partial charge in [0.05, 0.1) is 23.8 Å². The highest BCUT2D eigenvalue weighted by Gasteiger charge is 2.08. The third kappa shape index (κ3) is 3.91. The number of hydrogen-bond donors (Lipinski definition) is 1. The van der Waals surface area contributed by atoms with Gasteiger partial charge in [0.2, 0.25) is 5.91 Å². The molecule has 0 saturated carbocycles. The van der Waals surface area contributed by atoms with E-state index in [0.717, 1.165) is 0 Å². The van der Waals surface area contributed by atoms with Crippen molar-refractivity contribution in [2.75, 3.05) is 13.2 Å². The van der Waals surface area contributed by atoms with Crippen LogP contribution in [0.4, 0.5) is 0 Å². The number of ether oxygens (including phenoxy) is 1. The Kier molecular flexibility index (Phi) is 5.24. The standard InChI is InChI=1S/C15H17N3O4/c1-2-22-14(20)9-16-13(19)7-8-18-10-17-12-6-4-3-5-11(12)15(18)21/h3-6,10H,2,7-9H2,1H3,(H,16,19). The first kappa shape index (κ1) is 15.7. The molecule has 1 N–H and O–H groups in total. The van der Waals surface area contributed by atoms with E-state index in [-0.39, 0.29) is 37.6 Å². The van der Waals surface area contributed by atoms with Crippen LogP contribution in [-0.2, 0) is 20.9 Å². The molecular weight excluding hydrogens is 286 g/mol. The molecule has 116 valence electrons. The summed E-state index contributed by atoms with van der Waals surface area (Å²) in [5.74, 6) is -0.812. The lowest BCUT2D eigenvalue weighted by Crippen LogP contribution is -2.32. The highest BCUT2D eigenvalue weighted by molar-refractivity contribution is 5.82. The Hall–Kier alpha value is -2.70. The van der Waals surface area contributed by atoms with Gasteiger partial charge in [0.1, 0.15) is 6.54 Å². The number of carbonyl (C=O) groups excluding carboxylic acids is 2. The lowest BCUT2D eigenvalue weighted by molar-refractivity contribution is -0.143. The van der Waals surface area contributed by atoms with E-state index in [9.17, 15) is 14.4 Å². The summed E-state index contributed by atoms with van der Waals surface area (Å²) in [7, 11) is 0. The maximum absolute atomic E-state index is 12.2. The molecule has 1 aromatic heterocycles. The molecule has 0 aliphatic heterocycles. The molecule has 22 heavy (non-hydrogen) atoms. The van der Waals surface area contributed by atoms with Crippen molar-refractivity contribution in [3.8, 4) is 0 Å². The Bertz CT molecular complexity index is 739. The van der Waals surface area contributed by atoms with Crippen LogP contribution in [0.5, 0.6) is 0 Å². The summed E-state index contributed by atoms with van der Waals surface area (Å²) in [6.45, 7) is 1.99.